The van der Waals surface area contributed by atoms with Gasteiger partial charge in [0.2, 0.25) is 0 Å². The summed E-state index contributed by atoms with van der Waals surface area (Å²) in [5.41, 5.74) is 1.61. The first-order valence-corrected chi connectivity index (χ1v) is 8.82. The molecule has 3 heterocycles. The fraction of sp³-hybridized carbons (Fsp3) is 0.412. The standard InChI is InChI=1S/C17H19N3O2S/c1-10-9-23-17(18-10)22-13-5-2-11(3-6-13)16(21)20-15-8-12-4-7-14(15)19-12/h2-3,5-6,9,12,14-15,19H,4,7-8H2,1H3,(H,20,21)/t12-,14+,15-/m1/s1. The Balaban J connectivity index is 1.38. The number of nitrogens with zero attached hydrogens (tertiary/aromatic N) is 1. The van der Waals surface area contributed by atoms with Gasteiger partial charge in [0, 0.05) is 29.1 Å². The van der Waals surface area contributed by atoms with Crippen molar-refractivity contribution < 1.29 is 9.53 Å². The zero-order valence-electron chi connectivity index (χ0n) is 12.9. The van der Waals surface area contributed by atoms with Gasteiger partial charge in [0.05, 0.1) is 5.69 Å². The van der Waals surface area contributed by atoms with Gasteiger partial charge in [0.15, 0.2) is 0 Å². The van der Waals surface area contributed by atoms with Crippen LogP contribution in [0.2, 0.25) is 0 Å². The second kappa shape index (κ2) is 5.94. The molecule has 2 fully saturated rings. The first-order chi connectivity index (χ1) is 11.2. The lowest BCUT2D eigenvalue weighted by atomic mass is 9.95. The minimum Gasteiger partial charge on any atom is -0.431 e. The molecule has 1 amide bonds. The van der Waals surface area contributed by atoms with E-state index in [2.05, 4.69) is 15.6 Å². The number of thiazole rings is 1. The van der Waals surface area contributed by atoms with Crippen LogP contribution in [0, 0.1) is 6.92 Å². The normalized spacial score (nSPS) is 25.5. The average molecular weight is 329 g/mol. The summed E-state index contributed by atoms with van der Waals surface area (Å²) in [4.78, 5) is 16.6. The van der Waals surface area contributed by atoms with Gasteiger partial charge >= 0.3 is 0 Å². The Labute approximate surface area is 139 Å². The van der Waals surface area contributed by atoms with Crippen LogP contribution in [0.3, 0.4) is 0 Å². The van der Waals surface area contributed by atoms with E-state index in [1.807, 2.05) is 24.4 Å². The molecular formula is C17H19N3O2S. The molecule has 4 rings (SSSR count). The molecule has 1 aromatic heterocycles. The Bertz CT molecular complexity index is 713. The largest absolute Gasteiger partial charge is 0.431 e. The third-order valence-corrected chi connectivity index (χ3v) is 5.37. The summed E-state index contributed by atoms with van der Waals surface area (Å²) in [6.07, 6.45) is 3.44. The van der Waals surface area contributed by atoms with Crippen molar-refractivity contribution in [3.63, 3.8) is 0 Å². The predicted molar refractivity (Wildman–Crippen MR) is 89.2 cm³/mol. The van der Waals surface area contributed by atoms with E-state index in [9.17, 15) is 4.79 Å². The summed E-state index contributed by atoms with van der Waals surface area (Å²) in [5.74, 6) is 0.679. The Morgan fingerprint density at radius 1 is 1.35 bits per heavy atom. The van der Waals surface area contributed by atoms with Gasteiger partial charge in [0.1, 0.15) is 5.75 Å². The molecule has 0 radical (unpaired) electrons. The monoisotopic (exact) mass is 329 g/mol. The lowest BCUT2D eigenvalue weighted by molar-refractivity contribution is 0.0931. The average Bonchev–Trinajstić information content (AvgIpc) is 3.25. The van der Waals surface area contributed by atoms with E-state index in [-0.39, 0.29) is 11.9 Å². The number of benzene rings is 1. The number of hydrogen-bond acceptors (Lipinski definition) is 5. The summed E-state index contributed by atoms with van der Waals surface area (Å²) in [6.45, 7) is 1.93. The molecule has 2 bridgehead atoms. The van der Waals surface area contributed by atoms with E-state index >= 15 is 0 Å². The second-order valence-electron chi connectivity index (χ2n) is 6.24. The van der Waals surface area contributed by atoms with Crippen LogP contribution in [0.5, 0.6) is 10.9 Å². The fourth-order valence-corrected chi connectivity index (χ4v) is 4.05. The molecule has 0 unspecified atom stereocenters. The van der Waals surface area contributed by atoms with Gasteiger partial charge in [-0.15, -0.1) is 0 Å². The molecule has 2 aliphatic rings. The molecule has 5 nitrogen and oxygen atoms in total. The number of ether oxygens (including phenoxy) is 1. The quantitative estimate of drug-likeness (QED) is 0.905. The van der Waals surface area contributed by atoms with Gasteiger partial charge in [-0.2, -0.15) is 0 Å². The van der Waals surface area contributed by atoms with Crippen molar-refractivity contribution in [1.29, 1.82) is 0 Å². The fourth-order valence-electron chi connectivity index (χ4n) is 3.39. The highest BCUT2D eigenvalue weighted by Gasteiger charge is 2.39. The van der Waals surface area contributed by atoms with Crippen molar-refractivity contribution in [2.45, 2.75) is 44.3 Å². The molecule has 2 N–H and O–H groups in total. The van der Waals surface area contributed by atoms with Crippen LogP contribution in [-0.2, 0) is 0 Å². The van der Waals surface area contributed by atoms with E-state index in [0.29, 0.717) is 28.6 Å². The third kappa shape index (κ3) is 3.09. The number of aromatic nitrogens is 1. The van der Waals surface area contributed by atoms with Gasteiger partial charge in [0.25, 0.3) is 11.1 Å². The molecule has 120 valence electrons. The predicted octanol–water partition coefficient (Wildman–Crippen LogP) is 2.87. The Hall–Kier alpha value is -1.92. The minimum absolute atomic E-state index is 0.0130. The number of rotatable bonds is 4. The van der Waals surface area contributed by atoms with E-state index in [4.69, 9.17) is 4.74 Å². The second-order valence-corrected chi connectivity index (χ2v) is 7.06. The summed E-state index contributed by atoms with van der Waals surface area (Å²) in [6, 6.07) is 8.51. The third-order valence-electron chi connectivity index (χ3n) is 4.54. The molecule has 0 aliphatic carbocycles. The zero-order valence-corrected chi connectivity index (χ0v) is 13.7. The molecule has 2 aliphatic heterocycles. The van der Waals surface area contributed by atoms with E-state index < -0.39 is 0 Å². The van der Waals surface area contributed by atoms with Crippen LogP contribution in [0.1, 0.15) is 35.3 Å². The summed E-state index contributed by atoms with van der Waals surface area (Å²) >= 11 is 1.46. The molecule has 1 aromatic carbocycles. The van der Waals surface area contributed by atoms with Crippen molar-refractivity contribution in [2.75, 3.05) is 0 Å². The molecule has 6 heteroatoms. The van der Waals surface area contributed by atoms with Gasteiger partial charge in [-0.1, -0.05) is 11.3 Å². The van der Waals surface area contributed by atoms with Crippen LogP contribution < -0.4 is 15.4 Å². The molecular weight excluding hydrogens is 310 g/mol. The lowest BCUT2D eigenvalue weighted by Crippen LogP contribution is -2.42. The first kappa shape index (κ1) is 14.7. The number of carbonyl (C=O) groups is 1. The van der Waals surface area contributed by atoms with Crippen molar-refractivity contribution in [2.24, 2.45) is 0 Å². The molecule has 3 atom stereocenters. The van der Waals surface area contributed by atoms with Gasteiger partial charge in [-0.25, -0.2) is 4.98 Å². The highest BCUT2D eigenvalue weighted by atomic mass is 32.1. The summed E-state index contributed by atoms with van der Waals surface area (Å²) in [5, 5.41) is 9.24. The summed E-state index contributed by atoms with van der Waals surface area (Å²) < 4.78 is 5.67. The number of fused-ring (bicyclic) bond motifs is 2. The van der Waals surface area contributed by atoms with E-state index in [0.717, 1.165) is 18.5 Å². The molecule has 2 aromatic rings. The highest BCUT2D eigenvalue weighted by Crippen LogP contribution is 2.29. The molecule has 23 heavy (non-hydrogen) atoms. The Kier molecular flexibility index (Phi) is 3.79. The van der Waals surface area contributed by atoms with Crippen LogP contribution in [0.25, 0.3) is 0 Å². The van der Waals surface area contributed by atoms with Gasteiger partial charge in [-0.05, 0) is 50.5 Å². The number of amides is 1. The molecule has 2 saturated heterocycles. The van der Waals surface area contributed by atoms with Crippen LogP contribution in [0.4, 0.5) is 0 Å². The highest BCUT2D eigenvalue weighted by molar-refractivity contribution is 7.11. The van der Waals surface area contributed by atoms with Crippen molar-refractivity contribution in [1.82, 2.24) is 15.6 Å². The number of carbonyl (C=O) groups excluding carboxylic acids is 1. The maximum atomic E-state index is 12.4. The van der Waals surface area contributed by atoms with Crippen molar-refractivity contribution >= 4 is 17.2 Å². The van der Waals surface area contributed by atoms with Crippen LogP contribution in [0.15, 0.2) is 29.6 Å². The smallest absolute Gasteiger partial charge is 0.278 e. The minimum atomic E-state index is -0.0130. The van der Waals surface area contributed by atoms with Crippen LogP contribution >= 0.6 is 11.3 Å². The zero-order chi connectivity index (χ0) is 15.8. The topological polar surface area (TPSA) is 63.2 Å². The number of hydrogen-bond donors (Lipinski definition) is 2. The number of nitrogens with one attached hydrogen (secondary N) is 2. The van der Waals surface area contributed by atoms with Crippen LogP contribution in [-0.4, -0.2) is 29.0 Å². The SMILES string of the molecule is Cc1csc(Oc2ccc(C(=O)N[C@@H]3C[C@H]4CC[C@@H]3N4)cc2)n1. The lowest BCUT2D eigenvalue weighted by Gasteiger charge is -2.21. The molecule has 0 spiro atoms. The Morgan fingerprint density at radius 3 is 2.78 bits per heavy atom. The van der Waals surface area contributed by atoms with Gasteiger partial charge in [-0.3, -0.25) is 4.79 Å². The van der Waals surface area contributed by atoms with Crippen molar-refractivity contribution in [3.8, 4) is 10.9 Å². The van der Waals surface area contributed by atoms with Gasteiger partial charge < -0.3 is 15.4 Å². The first-order valence-electron chi connectivity index (χ1n) is 7.94. The van der Waals surface area contributed by atoms with Crippen molar-refractivity contribution in [3.05, 3.63) is 40.9 Å². The maximum Gasteiger partial charge on any atom is 0.278 e. The number of aryl methyl sites for hydroxylation is 1. The molecule has 0 saturated carbocycles. The van der Waals surface area contributed by atoms with E-state index in [1.54, 1.807) is 12.1 Å². The maximum absolute atomic E-state index is 12.4. The summed E-state index contributed by atoms with van der Waals surface area (Å²) in [7, 11) is 0. The Morgan fingerprint density at radius 2 is 2.17 bits per heavy atom. The van der Waals surface area contributed by atoms with E-state index in [1.165, 1.54) is 17.8 Å².